The number of hydrogen-bond acceptors (Lipinski definition) is 3. The molecular formula is C19H27F2N5O. The van der Waals surface area contributed by atoms with Crippen molar-refractivity contribution in [3.8, 4) is 5.75 Å². The van der Waals surface area contributed by atoms with Crippen LogP contribution in [0.1, 0.15) is 23.9 Å². The van der Waals surface area contributed by atoms with Gasteiger partial charge in [-0.05, 0) is 31.9 Å². The van der Waals surface area contributed by atoms with Crippen molar-refractivity contribution < 1.29 is 13.5 Å². The van der Waals surface area contributed by atoms with Crippen LogP contribution in [0.25, 0.3) is 0 Å². The third-order valence-electron chi connectivity index (χ3n) is 4.06. The fourth-order valence-electron chi connectivity index (χ4n) is 2.75. The van der Waals surface area contributed by atoms with Gasteiger partial charge in [0.05, 0.1) is 5.69 Å². The van der Waals surface area contributed by atoms with Crippen molar-refractivity contribution in [2.75, 3.05) is 13.6 Å². The first kappa shape index (κ1) is 20.7. The van der Waals surface area contributed by atoms with Gasteiger partial charge in [0.1, 0.15) is 5.75 Å². The topological polar surface area (TPSA) is 63.5 Å². The van der Waals surface area contributed by atoms with E-state index >= 15 is 0 Å². The van der Waals surface area contributed by atoms with Gasteiger partial charge in [0, 0.05) is 37.9 Å². The van der Waals surface area contributed by atoms with Gasteiger partial charge < -0.3 is 15.4 Å². The van der Waals surface area contributed by atoms with Crippen LogP contribution < -0.4 is 15.4 Å². The molecule has 0 aliphatic carbocycles. The number of rotatable bonds is 8. The van der Waals surface area contributed by atoms with E-state index in [1.807, 2.05) is 18.5 Å². The second-order valence-electron chi connectivity index (χ2n) is 6.51. The summed E-state index contributed by atoms with van der Waals surface area (Å²) in [7, 11) is 1.67. The van der Waals surface area contributed by atoms with Crippen LogP contribution in [0.5, 0.6) is 5.75 Å². The number of nitrogens with one attached hydrogen (secondary N) is 2. The van der Waals surface area contributed by atoms with Crippen molar-refractivity contribution in [1.82, 2.24) is 20.4 Å². The maximum absolute atomic E-state index is 12.5. The highest BCUT2D eigenvalue weighted by Gasteiger charge is 2.11. The summed E-state index contributed by atoms with van der Waals surface area (Å²) in [5.74, 6) is 1.09. The Balaban J connectivity index is 1.85. The van der Waals surface area contributed by atoms with Crippen LogP contribution in [-0.4, -0.2) is 35.9 Å². The normalized spacial score (nSPS) is 12.9. The lowest BCUT2D eigenvalue weighted by Gasteiger charge is -2.17. The van der Waals surface area contributed by atoms with Crippen LogP contribution in [0.3, 0.4) is 0 Å². The molecule has 8 heteroatoms. The maximum atomic E-state index is 12.5. The molecule has 27 heavy (non-hydrogen) atoms. The summed E-state index contributed by atoms with van der Waals surface area (Å²) >= 11 is 0. The van der Waals surface area contributed by atoms with Gasteiger partial charge in [-0.15, -0.1) is 0 Å². The number of guanidine groups is 1. The number of hydrogen-bond donors (Lipinski definition) is 2. The van der Waals surface area contributed by atoms with Gasteiger partial charge in [-0.3, -0.25) is 9.67 Å². The number of halogens is 2. The van der Waals surface area contributed by atoms with Crippen molar-refractivity contribution in [3.05, 3.63) is 47.3 Å². The molecule has 0 spiro atoms. The minimum atomic E-state index is -2.85. The predicted octanol–water partition coefficient (Wildman–Crippen LogP) is 3.10. The quantitative estimate of drug-likeness (QED) is 0.547. The van der Waals surface area contributed by atoms with Gasteiger partial charge in [0.15, 0.2) is 5.96 Å². The number of para-hydroxylation sites is 1. The lowest BCUT2D eigenvalue weighted by molar-refractivity contribution is -0.0504. The maximum Gasteiger partial charge on any atom is 0.387 e. The molecule has 2 rings (SSSR count). The molecule has 0 radical (unpaired) electrons. The van der Waals surface area contributed by atoms with E-state index in [0.29, 0.717) is 30.5 Å². The molecule has 1 atom stereocenters. The van der Waals surface area contributed by atoms with Crippen LogP contribution in [-0.2, 0) is 13.1 Å². The second-order valence-corrected chi connectivity index (χ2v) is 6.51. The molecule has 1 aromatic carbocycles. The van der Waals surface area contributed by atoms with Crippen molar-refractivity contribution in [2.45, 2.75) is 40.5 Å². The SMILES string of the molecule is CN=C(NCc1ccccc1OC(F)F)NCC(C)Cn1nc(C)cc1C. The van der Waals surface area contributed by atoms with Crippen LogP contribution in [0.4, 0.5) is 8.78 Å². The fraction of sp³-hybridized carbons (Fsp3) is 0.474. The third kappa shape index (κ3) is 6.54. The number of aliphatic imine (C=N–C) groups is 1. The zero-order chi connectivity index (χ0) is 19.8. The summed E-state index contributed by atoms with van der Waals surface area (Å²) in [4.78, 5) is 4.18. The number of nitrogens with zero attached hydrogens (tertiary/aromatic N) is 3. The van der Waals surface area contributed by atoms with Crippen LogP contribution in [0, 0.1) is 19.8 Å². The van der Waals surface area contributed by atoms with E-state index < -0.39 is 6.61 Å². The molecular weight excluding hydrogens is 352 g/mol. The van der Waals surface area contributed by atoms with Gasteiger partial charge in [-0.2, -0.15) is 13.9 Å². The van der Waals surface area contributed by atoms with Gasteiger partial charge in [0.25, 0.3) is 0 Å². The number of aryl methyl sites for hydroxylation is 2. The molecule has 0 saturated carbocycles. The Labute approximate surface area is 158 Å². The number of alkyl halides is 2. The van der Waals surface area contributed by atoms with Gasteiger partial charge in [0.2, 0.25) is 0 Å². The molecule has 2 N–H and O–H groups in total. The minimum absolute atomic E-state index is 0.161. The molecule has 0 aliphatic rings. The third-order valence-corrected chi connectivity index (χ3v) is 4.06. The molecule has 148 valence electrons. The van der Waals surface area contributed by atoms with E-state index in [0.717, 1.165) is 17.9 Å². The summed E-state index contributed by atoms with van der Waals surface area (Å²) in [6.07, 6.45) is 0. The zero-order valence-corrected chi connectivity index (χ0v) is 16.2. The monoisotopic (exact) mass is 379 g/mol. The Kier molecular flexibility index (Phi) is 7.57. The second kappa shape index (κ2) is 9.89. The average Bonchev–Trinajstić information content (AvgIpc) is 2.93. The zero-order valence-electron chi connectivity index (χ0n) is 16.2. The van der Waals surface area contributed by atoms with E-state index in [-0.39, 0.29) is 5.75 Å². The Morgan fingerprint density at radius 2 is 2.00 bits per heavy atom. The van der Waals surface area contributed by atoms with Crippen LogP contribution in [0.15, 0.2) is 35.3 Å². The highest BCUT2D eigenvalue weighted by molar-refractivity contribution is 5.79. The van der Waals surface area contributed by atoms with E-state index in [4.69, 9.17) is 0 Å². The predicted molar refractivity (Wildman–Crippen MR) is 102 cm³/mol. The van der Waals surface area contributed by atoms with Gasteiger partial charge >= 0.3 is 6.61 Å². The Morgan fingerprint density at radius 1 is 1.26 bits per heavy atom. The van der Waals surface area contributed by atoms with Crippen molar-refractivity contribution >= 4 is 5.96 Å². The first-order valence-electron chi connectivity index (χ1n) is 8.87. The number of ether oxygens (including phenoxy) is 1. The Hall–Kier alpha value is -2.64. The van der Waals surface area contributed by atoms with E-state index in [9.17, 15) is 8.78 Å². The summed E-state index contributed by atoms with van der Waals surface area (Å²) in [5.41, 5.74) is 2.78. The van der Waals surface area contributed by atoms with Crippen molar-refractivity contribution in [1.29, 1.82) is 0 Å². The molecule has 0 amide bonds. The standard InChI is InChI=1S/C19H27F2N5O/c1-13(12-26-15(3)9-14(2)25-26)10-23-19(22-4)24-11-16-7-5-6-8-17(16)27-18(20)21/h5-9,13,18H,10-12H2,1-4H3,(H2,22,23,24). The summed E-state index contributed by atoms with van der Waals surface area (Å²) in [6, 6.07) is 8.76. The summed E-state index contributed by atoms with van der Waals surface area (Å²) < 4.78 is 31.5. The van der Waals surface area contributed by atoms with Crippen LogP contribution in [0.2, 0.25) is 0 Å². The largest absolute Gasteiger partial charge is 0.434 e. The molecule has 0 bridgehead atoms. The molecule has 2 aromatic rings. The molecule has 1 unspecified atom stereocenters. The molecule has 1 aromatic heterocycles. The lowest BCUT2D eigenvalue weighted by atomic mass is 10.2. The van der Waals surface area contributed by atoms with Crippen LogP contribution >= 0.6 is 0 Å². The number of benzene rings is 1. The van der Waals surface area contributed by atoms with Gasteiger partial charge in [-0.25, -0.2) is 0 Å². The van der Waals surface area contributed by atoms with Crippen molar-refractivity contribution in [3.63, 3.8) is 0 Å². The van der Waals surface area contributed by atoms with E-state index in [2.05, 4.69) is 38.5 Å². The highest BCUT2D eigenvalue weighted by atomic mass is 19.3. The molecule has 6 nitrogen and oxygen atoms in total. The average molecular weight is 379 g/mol. The summed E-state index contributed by atoms with van der Waals surface area (Å²) in [5, 5.41) is 10.9. The number of aromatic nitrogens is 2. The first-order chi connectivity index (χ1) is 12.9. The Bertz CT molecular complexity index is 760. The molecule has 1 heterocycles. The van der Waals surface area contributed by atoms with Gasteiger partial charge in [-0.1, -0.05) is 25.1 Å². The fourth-order valence-corrected chi connectivity index (χ4v) is 2.75. The first-order valence-corrected chi connectivity index (χ1v) is 8.87. The molecule has 0 saturated heterocycles. The smallest absolute Gasteiger partial charge is 0.387 e. The van der Waals surface area contributed by atoms with E-state index in [1.165, 1.54) is 6.07 Å². The molecule has 0 aliphatic heterocycles. The Morgan fingerprint density at radius 3 is 2.63 bits per heavy atom. The minimum Gasteiger partial charge on any atom is -0.434 e. The lowest BCUT2D eigenvalue weighted by Crippen LogP contribution is -2.39. The van der Waals surface area contributed by atoms with Crippen molar-refractivity contribution in [2.24, 2.45) is 10.9 Å². The van der Waals surface area contributed by atoms with E-state index in [1.54, 1.807) is 25.2 Å². The molecule has 0 fully saturated rings. The summed E-state index contributed by atoms with van der Waals surface area (Å²) in [6.45, 7) is 5.13. The highest BCUT2D eigenvalue weighted by Crippen LogP contribution is 2.19.